The zero-order valence-corrected chi connectivity index (χ0v) is 13.4. The van der Waals surface area contributed by atoms with Gasteiger partial charge in [0.05, 0.1) is 18.1 Å². The Kier molecular flexibility index (Phi) is 6.15. The van der Waals surface area contributed by atoms with E-state index in [1.165, 1.54) is 0 Å². The lowest BCUT2D eigenvalue weighted by atomic mass is 10.1. The van der Waals surface area contributed by atoms with Crippen LogP contribution in [0.15, 0.2) is 22.7 Å². The summed E-state index contributed by atoms with van der Waals surface area (Å²) >= 11 is 3.41. The van der Waals surface area contributed by atoms with E-state index in [-0.39, 0.29) is 18.5 Å². The van der Waals surface area contributed by atoms with Gasteiger partial charge < -0.3 is 15.4 Å². The molecule has 2 N–H and O–H groups in total. The summed E-state index contributed by atoms with van der Waals surface area (Å²) in [6, 6.07) is 5.79. The summed E-state index contributed by atoms with van der Waals surface area (Å²) in [5, 5.41) is 6.03. The molecule has 0 aromatic heterocycles. The predicted octanol–water partition coefficient (Wildman–Crippen LogP) is 3.03. The number of nitrogens with one attached hydrogen (secondary N) is 2. The maximum absolute atomic E-state index is 11.7. The summed E-state index contributed by atoms with van der Waals surface area (Å²) in [4.78, 5) is 11.7. The highest BCUT2D eigenvalue weighted by Crippen LogP contribution is 2.27. The van der Waals surface area contributed by atoms with Crippen LogP contribution in [0.2, 0.25) is 0 Å². The maximum Gasteiger partial charge on any atom is 0.239 e. The molecule has 4 nitrogen and oxygen atoms in total. The van der Waals surface area contributed by atoms with Crippen molar-refractivity contribution in [1.29, 1.82) is 0 Å². The van der Waals surface area contributed by atoms with Crippen molar-refractivity contribution in [2.75, 3.05) is 19.0 Å². The summed E-state index contributed by atoms with van der Waals surface area (Å²) in [6.45, 7) is 6.43. The van der Waals surface area contributed by atoms with Crippen LogP contribution in [0.3, 0.4) is 0 Å². The molecule has 19 heavy (non-hydrogen) atoms. The molecule has 1 atom stereocenters. The third kappa shape index (κ3) is 5.11. The standard InChI is InChI=1S/C14H21BrN2O2/c1-9(2)10(3)17-14(18)8-16-11-5-6-13(19-4)12(15)7-11/h5-7,9-10,16H,8H2,1-4H3,(H,17,18). The molecular formula is C14H21BrN2O2. The minimum absolute atomic E-state index is 0.00635. The molecule has 0 heterocycles. The van der Waals surface area contributed by atoms with E-state index in [1.54, 1.807) is 7.11 Å². The number of benzene rings is 1. The SMILES string of the molecule is COc1ccc(NCC(=O)NC(C)C(C)C)cc1Br. The van der Waals surface area contributed by atoms with E-state index in [0.29, 0.717) is 5.92 Å². The van der Waals surface area contributed by atoms with Crippen LogP contribution >= 0.6 is 15.9 Å². The van der Waals surface area contributed by atoms with E-state index in [9.17, 15) is 4.79 Å². The number of hydrogen-bond donors (Lipinski definition) is 2. The number of carbonyl (C=O) groups excluding carboxylic acids is 1. The highest BCUT2D eigenvalue weighted by molar-refractivity contribution is 9.10. The van der Waals surface area contributed by atoms with Crippen LogP contribution in [0.4, 0.5) is 5.69 Å². The van der Waals surface area contributed by atoms with Crippen molar-refractivity contribution in [1.82, 2.24) is 5.32 Å². The van der Waals surface area contributed by atoms with Crippen molar-refractivity contribution in [3.8, 4) is 5.75 Å². The van der Waals surface area contributed by atoms with E-state index in [0.717, 1.165) is 15.9 Å². The fraction of sp³-hybridized carbons (Fsp3) is 0.500. The van der Waals surface area contributed by atoms with Gasteiger partial charge in [0.15, 0.2) is 0 Å². The number of ether oxygens (including phenoxy) is 1. The van der Waals surface area contributed by atoms with Crippen molar-refractivity contribution in [3.05, 3.63) is 22.7 Å². The minimum atomic E-state index is -0.00635. The van der Waals surface area contributed by atoms with Crippen molar-refractivity contribution < 1.29 is 9.53 Å². The van der Waals surface area contributed by atoms with Crippen LogP contribution in [0, 0.1) is 5.92 Å². The van der Waals surface area contributed by atoms with Gasteiger partial charge in [0, 0.05) is 11.7 Å². The fourth-order valence-electron chi connectivity index (χ4n) is 1.43. The van der Waals surface area contributed by atoms with Crippen molar-refractivity contribution in [3.63, 3.8) is 0 Å². The Labute approximate surface area is 123 Å². The average Bonchev–Trinajstić information content (AvgIpc) is 2.36. The minimum Gasteiger partial charge on any atom is -0.496 e. The van der Waals surface area contributed by atoms with Gasteiger partial charge in [-0.3, -0.25) is 4.79 Å². The second-order valence-electron chi connectivity index (χ2n) is 4.80. The molecule has 0 spiro atoms. The smallest absolute Gasteiger partial charge is 0.239 e. The molecule has 1 aromatic rings. The molecule has 0 radical (unpaired) electrons. The fourth-order valence-corrected chi connectivity index (χ4v) is 1.97. The molecule has 0 saturated heterocycles. The number of hydrogen-bond acceptors (Lipinski definition) is 3. The molecule has 1 amide bonds. The number of halogens is 1. The van der Waals surface area contributed by atoms with Gasteiger partial charge in [0.1, 0.15) is 5.75 Å². The monoisotopic (exact) mass is 328 g/mol. The first-order valence-electron chi connectivity index (χ1n) is 6.30. The molecule has 0 aliphatic carbocycles. The van der Waals surface area contributed by atoms with Gasteiger partial charge in [-0.05, 0) is 47.0 Å². The van der Waals surface area contributed by atoms with E-state index >= 15 is 0 Å². The molecule has 0 fully saturated rings. The Morgan fingerprint density at radius 1 is 1.37 bits per heavy atom. The van der Waals surface area contributed by atoms with Crippen molar-refractivity contribution >= 4 is 27.5 Å². The molecule has 106 valence electrons. The highest BCUT2D eigenvalue weighted by atomic mass is 79.9. The first-order valence-corrected chi connectivity index (χ1v) is 7.10. The number of methoxy groups -OCH3 is 1. The second-order valence-corrected chi connectivity index (χ2v) is 5.66. The van der Waals surface area contributed by atoms with Crippen molar-refractivity contribution in [2.45, 2.75) is 26.8 Å². The second kappa shape index (κ2) is 7.38. The third-order valence-corrected chi connectivity index (χ3v) is 3.61. The van der Waals surface area contributed by atoms with Gasteiger partial charge in [-0.25, -0.2) is 0 Å². The van der Waals surface area contributed by atoms with Crippen LogP contribution in [-0.4, -0.2) is 25.6 Å². The predicted molar refractivity (Wildman–Crippen MR) is 81.6 cm³/mol. The van der Waals surface area contributed by atoms with Crippen LogP contribution in [0.1, 0.15) is 20.8 Å². The first-order chi connectivity index (χ1) is 8.93. The summed E-state index contributed by atoms with van der Waals surface area (Å²) in [5.41, 5.74) is 0.875. The molecule has 0 aliphatic heterocycles. The number of amides is 1. The zero-order chi connectivity index (χ0) is 14.4. The Bertz CT molecular complexity index is 435. The van der Waals surface area contributed by atoms with E-state index in [2.05, 4.69) is 40.4 Å². The molecule has 0 saturated carbocycles. The lowest BCUT2D eigenvalue weighted by Gasteiger charge is -2.17. The summed E-state index contributed by atoms with van der Waals surface area (Å²) in [5.74, 6) is 1.19. The van der Waals surface area contributed by atoms with Gasteiger partial charge in [0.25, 0.3) is 0 Å². The van der Waals surface area contributed by atoms with E-state index in [4.69, 9.17) is 4.74 Å². The van der Waals surface area contributed by atoms with Gasteiger partial charge in [-0.1, -0.05) is 13.8 Å². The number of anilines is 1. The molecule has 1 unspecified atom stereocenters. The Morgan fingerprint density at radius 2 is 2.05 bits per heavy atom. The van der Waals surface area contributed by atoms with Crippen LogP contribution in [0.25, 0.3) is 0 Å². The zero-order valence-electron chi connectivity index (χ0n) is 11.8. The van der Waals surface area contributed by atoms with Gasteiger partial charge in [-0.2, -0.15) is 0 Å². The number of carbonyl (C=O) groups is 1. The summed E-state index contributed by atoms with van der Waals surface area (Å²) in [6.07, 6.45) is 0. The third-order valence-electron chi connectivity index (χ3n) is 2.99. The average molecular weight is 329 g/mol. The number of rotatable bonds is 6. The van der Waals surface area contributed by atoms with Gasteiger partial charge in [0.2, 0.25) is 5.91 Å². The highest BCUT2D eigenvalue weighted by Gasteiger charge is 2.10. The Hall–Kier alpha value is -1.23. The lowest BCUT2D eigenvalue weighted by Crippen LogP contribution is -2.39. The van der Waals surface area contributed by atoms with Crippen LogP contribution in [-0.2, 0) is 4.79 Å². The maximum atomic E-state index is 11.7. The summed E-state index contributed by atoms with van der Waals surface area (Å²) < 4.78 is 6.01. The Balaban J connectivity index is 2.48. The molecule has 1 rings (SSSR count). The van der Waals surface area contributed by atoms with Gasteiger partial charge >= 0.3 is 0 Å². The van der Waals surface area contributed by atoms with Crippen LogP contribution in [0.5, 0.6) is 5.75 Å². The first kappa shape index (κ1) is 15.8. The molecular weight excluding hydrogens is 308 g/mol. The molecule has 5 heteroatoms. The molecule has 0 aliphatic rings. The molecule has 0 bridgehead atoms. The molecule has 1 aromatic carbocycles. The Morgan fingerprint density at radius 3 is 2.58 bits per heavy atom. The normalized spacial score (nSPS) is 12.1. The topological polar surface area (TPSA) is 50.4 Å². The quantitative estimate of drug-likeness (QED) is 0.843. The van der Waals surface area contributed by atoms with E-state index < -0.39 is 0 Å². The van der Waals surface area contributed by atoms with Crippen LogP contribution < -0.4 is 15.4 Å². The van der Waals surface area contributed by atoms with Crippen molar-refractivity contribution in [2.24, 2.45) is 5.92 Å². The van der Waals surface area contributed by atoms with E-state index in [1.807, 2.05) is 25.1 Å². The summed E-state index contributed by atoms with van der Waals surface area (Å²) in [7, 11) is 1.62. The van der Waals surface area contributed by atoms with Gasteiger partial charge in [-0.15, -0.1) is 0 Å². The largest absolute Gasteiger partial charge is 0.496 e. The lowest BCUT2D eigenvalue weighted by molar-refractivity contribution is -0.120.